The zero-order valence-corrected chi connectivity index (χ0v) is 10.4. The van der Waals surface area contributed by atoms with E-state index in [-0.39, 0.29) is 5.69 Å². The lowest BCUT2D eigenvalue weighted by atomic mass is 10.2. The van der Waals surface area contributed by atoms with E-state index in [1.165, 1.54) is 4.68 Å². The number of halogens is 1. The Hall–Kier alpha value is -2.40. The Morgan fingerprint density at radius 1 is 1.21 bits per heavy atom. The first-order chi connectivity index (χ1) is 9.16. The molecule has 0 amide bonds. The van der Waals surface area contributed by atoms with Crippen LogP contribution in [0, 0.1) is 0 Å². The van der Waals surface area contributed by atoms with E-state index in [2.05, 4.69) is 10.1 Å². The quantitative estimate of drug-likeness (QED) is 0.779. The Bertz CT molecular complexity index is 765. The number of pyridine rings is 1. The molecule has 1 aromatic carbocycles. The summed E-state index contributed by atoms with van der Waals surface area (Å²) in [6.07, 6.45) is 1.60. The van der Waals surface area contributed by atoms with Gasteiger partial charge in [0.05, 0.1) is 11.1 Å². The number of nitrogens with zero attached hydrogens (tertiary/aromatic N) is 3. The second-order valence-electron chi connectivity index (χ2n) is 3.92. The van der Waals surface area contributed by atoms with Crippen molar-refractivity contribution in [2.24, 2.45) is 0 Å². The Kier molecular flexibility index (Phi) is 2.68. The molecule has 0 radical (unpaired) electrons. The average molecular weight is 274 g/mol. The summed E-state index contributed by atoms with van der Waals surface area (Å²) in [7, 11) is 0. The maximum Gasteiger partial charge on any atom is 0.357 e. The van der Waals surface area contributed by atoms with Gasteiger partial charge in [0.15, 0.2) is 11.3 Å². The number of carbonyl (C=O) groups is 1. The maximum atomic E-state index is 11.2. The van der Waals surface area contributed by atoms with Gasteiger partial charge < -0.3 is 5.11 Å². The molecule has 0 saturated heterocycles. The van der Waals surface area contributed by atoms with Crippen LogP contribution in [0.1, 0.15) is 10.5 Å². The van der Waals surface area contributed by atoms with Crippen LogP contribution in [-0.4, -0.2) is 25.8 Å². The van der Waals surface area contributed by atoms with Gasteiger partial charge in [-0.3, -0.25) is 0 Å². The first-order valence-corrected chi connectivity index (χ1v) is 5.87. The fourth-order valence-corrected chi connectivity index (χ4v) is 2.00. The highest BCUT2D eigenvalue weighted by atomic mass is 35.5. The Labute approximate surface area is 113 Å². The zero-order valence-electron chi connectivity index (χ0n) is 9.62. The molecule has 3 aromatic rings. The van der Waals surface area contributed by atoms with Gasteiger partial charge in [-0.15, -0.1) is 0 Å². The third-order valence-electron chi connectivity index (χ3n) is 2.72. The van der Waals surface area contributed by atoms with Gasteiger partial charge in [0.1, 0.15) is 0 Å². The number of hydrogen-bond acceptors (Lipinski definition) is 3. The van der Waals surface area contributed by atoms with E-state index in [1.807, 2.05) is 0 Å². The number of aromatic nitrogens is 3. The predicted molar refractivity (Wildman–Crippen MR) is 70.8 cm³/mol. The Morgan fingerprint density at radius 2 is 1.95 bits per heavy atom. The van der Waals surface area contributed by atoms with Crippen molar-refractivity contribution in [3.05, 3.63) is 53.3 Å². The maximum absolute atomic E-state index is 11.2. The van der Waals surface area contributed by atoms with Crippen LogP contribution in [0.4, 0.5) is 0 Å². The van der Waals surface area contributed by atoms with Crippen LogP contribution in [0.3, 0.4) is 0 Å². The minimum atomic E-state index is -1.08. The molecular weight excluding hydrogens is 266 g/mol. The number of aromatic carboxylic acids is 1. The number of benzene rings is 1. The van der Waals surface area contributed by atoms with E-state index >= 15 is 0 Å². The van der Waals surface area contributed by atoms with Crippen molar-refractivity contribution in [2.75, 3.05) is 0 Å². The van der Waals surface area contributed by atoms with Crippen LogP contribution in [0.5, 0.6) is 0 Å². The minimum absolute atomic E-state index is 0.0157. The molecule has 2 heterocycles. The molecular formula is C13H8ClN3O2. The van der Waals surface area contributed by atoms with Crippen LogP contribution < -0.4 is 0 Å². The second kappa shape index (κ2) is 4.37. The molecule has 1 N–H and O–H groups in total. The molecule has 0 fully saturated rings. The number of hydrogen-bond donors (Lipinski definition) is 1. The van der Waals surface area contributed by atoms with Gasteiger partial charge in [0.2, 0.25) is 0 Å². The summed E-state index contributed by atoms with van der Waals surface area (Å²) < 4.78 is 1.50. The van der Waals surface area contributed by atoms with E-state index < -0.39 is 5.97 Å². The molecule has 0 atom stereocenters. The molecule has 3 rings (SSSR count). The van der Waals surface area contributed by atoms with E-state index in [4.69, 9.17) is 16.7 Å². The molecule has 2 aromatic heterocycles. The second-order valence-corrected chi connectivity index (χ2v) is 4.35. The van der Waals surface area contributed by atoms with Crippen molar-refractivity contribution >= 4 is 28.6 Å². The fourth-order valence-electron chi connectivity index (χ4n) is 1.87. The molecule has 5 nitrogen and oxygen atoms in total. The van der Waals surface area contributed by atoms with E-state index in [0.717, 1.165) is 0 Å². The summed E-state index contributed by atoms with van der Waals surface area (Å²) in [6.45, 7) is 0. The number of rotatable bonds is 2. The minimum Gasteiger partial charge on any atom is -0.476 e. The molecule has 0 aliphatic carbocycles. The van der Waals surface area contributed by atoms with Crippen molar-refractivity contribution < 1.29 is 9.90 Å². The van der Waals surface area contributed by atoms with E-state index in [1.54, 1.807) is 42.6 Å². The smallest absolute Gasteiger partial charge is 0.357 e. The Morgan fingerprint density at radius 3 is 2.63 bits per heavy atom. The molecule has 19 heavy (non-hydrogen) atoms. The van der Waals surface area contributed by atoms with Crippen LogP contribution >= 0.6 is 11.6 Å². The molecule has 94 valence electrons. The molecule has 0 spiro atoms. The Balaban J connectivity index is 2.29. The normalized spacial score (nSPS) is 10.8. The fraction of sp³-hybridized carbons (Fsp3) is 0. The summed E-state index contributed by atoms with van der Waals surface area (Å²) in [6, 6.07) is 10.3. The summed E-state index contributed by atoms with van der Waals surface area (Å²) in [5, 5.41) is 14.4. The van der Waals surface area contributed by atoms with Gasteiger partial charge in [-0.2, -0.15) is 5.10 Å². The van der Waals surface area contributed by atoms with Gasteiger partial charge in [0, 0.05) is 11.2 Å². The van der Waals surface area contributed by atoms with E-state index in [9.17, 15) is 4.79 Å². The molecule has 0 saturated carbocycles. The molecule has 0 aliphatic rings. The third kappa shape index (κ3) is 1.94. The summed E-state index contributed by atoms with van der Waals surface area (Å²) >= 11 is 5.83. The van der Waals surface area contributed by atoms with Crippen molar-refractivity contribution in [1.29, 1.82) is 0 Å². The van der Waals surface area contributed by atoms with Crippen molar-refractivity contribution in [3.8, 4) is 5.69 Å². The summed E-state index contributed by atoms with van der Waals surface area (Å²) in [4.78, 5) is 15.4. The molecule has 6 heteroatoms. The van der Waals surface area contributed by atoms with Gasteiger partial charge in [0.25, 0.3) is 0 Å². The van der Waals surface area contributed by atoms with Gasteiger partial charge >= 0.3 is 5.97 Å². The topological polar surface area (TPSA) is 68.0 Å². The monoisotopic (exact) mass is 273 g/mol. The zero-order chi connectivity index (χ0) is 13.4. The lowest BCUT2D eigenvalue weighted by molar-refractivity contribution is 0.0692. The van der Waals surface area contributed by atoms with Crippen LogP contribution in [-0.2, 0) is 0 Å². The van der Waals surface area contributed by atoms with Crippen molar-refractivity contribution in [3.63, 3.8) is 0 Å². The highest BCUT2D eigenvalue weighted by Crippen LogP contribution is 2.21. The largest absolute Gasteiger partial charge is 0.476 e. The lowest BCUT2D eigenvalue weighted by Crippen LogP contribution is -2.01. The van der Waals surface area contributed by atoms with Crippen molar-refractivity contribution in [1.82, 2.24) is 14.8 Å². The summed E-state index contributed by atoms with van der Waals surface area (Å²) in [5.41, 5.74) is 1.20. The molecule has 0 unspecified atom stereocenters. The predicted octanol–water partition coefficient (Wildman–Crippen LogP) is 2.77. The highest BCUT2D eigenvalue weighted by molar-refractivity contribution is 6.30. The standard InChI is InChI=1S/C13H8ClN3O2/c14-8-3-5-9(6-4-8)17-12-10(2-1-7-15-12)11(16-17)13(18)19/h1-7H,(H,18,19). The molecule has 0 aliphatic heterocycles. The first kappa shape index (κ1) is 11.7. The average Bonchev–Trinajstić information content (AvgIpc) is 2.79. The third-order valence-corrected chi connectivity index (χ3v) is 2.97. The van der Waals surface area contributed by atoms with Gasteiger partial charge in [-0.1, -0.05) is 11.6 Å². The lowest BCUT2D eigenvalue weighted by Gasteiger charge is -2.01. The van der Waals surface area contributed by atoms with Crippen LogP contribution in [0.2, 0.25) is 5.02 Å². The van der Waals surface area contributed by atoms with Gasteiger partial charge in [-0.05, 0) is 36.4 Å². The number of carboxylic acid groups (broad SMARTS) is 1. The molecule has 0 bridgehead atoms. The van der Waals surface area contributed by atoms with Crippen molar-refractivity contribution in [2.45, 2.75) is 0 Å². The van der Waals surface area contributed by atoms with Gasteiger partial charge in [-0.25, -0.2) is 14.5 Å². The first-order valence-electron chi connectivity index (χ1n) is 5.50. The highest BCUT2D eigenvalue weighted by Gasteiger charge is 2.17. The van der Waals surface area contributed by atoms with E-state index in [0.29, 0.717) is 21.7 Å². The number of carboxylic acids is 1. The van der Waals surface area contributed by atoms with Crippen LogP contribution in [0.25, 0.3) is 16.7 Å². The SMILES string of the molecule is O=C(O)c1nn(-c2ccc(Cl)cc2)c2ncccc12. The number of fused-ring (bicyclic) bond motifs is 1. The summed E-state index contributed by atoms with van der Waals surface area (Å²) in [5.74, 6) is -1.08. The van der Waals surface area contributed by atoms with Crippen LogP contribution in [0.15, 0.2) is 42.6 Å².